The molecule has 2 aliphatic rings. The first-order valence-corrected chi connectivity index (χ1v) is 5.28. The van der Waals surface area contributed by atoms with Crippen LogP contribution in [0.15, 0.2) is 0 Å². The van der Waals surface area contributed by atoms with E-state index in [0.717, 1.165) is 25.9 Å². The number of Topliss-reactive ketones (excluding diaryl/α,β-unsaturated/α-hetero) is 1. The summed E-state index contributed by atoms with van der Waals surface area (Å²) in [4.78, 5) is 11.4. The smallest absolute Gasteiger partial charge is 0.136 e. The Hall–Kier alpha value is -0.370. The summed E-state index contributed by atoms with van der Waals surface area (Å²) in [6.07, 6.45) is 4.49. The largest absolute Gasteiger partial charge is 0.378 e. The zero-order chi connectivity index (χ0) is 9.47. The minimum Gasteiger partial charge on any atom is -0.378 e. The summed E-state index contributed by atoms with van der Waals surface area (Å²) in [5, 5.41) is 0. The predicted octanol–water partition coefficient (Wildman–Crippen LogP) is 2.17. The van der Waals surface area contributed by atoms with Gasteiger partial charge in [0.25, 0.3) is 0 Å². The van der Waals surface area contributed by atoms with Gasteiger partial charge >= 0.3 is 0 Å². The fourth-order valence-electron chi connectivity index (χ4n) is 2.43. The number of rotatable bonds is 3. The Kier molecular flexibility index (Phi) is 2.18. The quantitative estimate of drug-likeness (QED) is 0.668. The molecule has 2 atom stereocenters. The molecule has 0 saturated heterocycles. The number of ketones is 1. The van der Waals surface area contributed by atoms with Crippen molar-refractivity contribution in [3.8, 4) is 0 Å². The molecule has 0 aromatic carbocycles. The van der Waals surface area contributed by atoms with E-state index in [1.165, 1.54) is 6.42 Å². The number of ether oxygens (including phenoxy) is 1. The minimum atomic E-state index is 0.277. The van der Waals surface area contributed by atoms with Crippen LogP contribution in [0.3, 0.4) is 0 Å². The van der Waals surface area contributed by atoms with Gasteiger partial charge in [-0.3, -0.25) is 4.79 Å². The van der Waals surface area contributed by atoms with Gasteiger partial charge in [0.15, 0.2) is 0 Å². The molecule has 74 valence electrons. The predicted molar refractivity (Wildman–Crippen MR) is 50.5 cm³/mol. The summed E-state index contributed by atoms with van der Waals surface area (Å²) < 4.78 is 5.62. The van der Waals surface area contributed by atoms with Crippen LogP contribution in [-0.4, -0.2) is 18.5 Å². The Morgan fingerprint density at radius 2 is 2.38 bits per heavy atom. The van der Waals surface area contributed by atoms with Crippen molar-refractivity contribution >= 4 is 5.78 Å². The molecule has 0 aromatic heterocycles. The third-order valence-corrected chi connectivity index (χ3v) is 3.38. The van der Waals surface area contributed by atoms with Crippen molar-refractivity contribution < 1.29 is 9.53 Å². The molecule has 0 radical (unpaired) electrons. The SMILES string of the molecule is CC(C)OCC12CCCC(=O)C1C2. The monoisotopic (exact) mass is 182 g/mol. The molecule has 2 nitrogen and oxygen atoms in total. The van der Waals surface area contributed by atoms with E-state index in [0.29, 0.717) is 17.8 Å². The molecular weight excluding hydrogens is 164 g/mol. The maximum atomic E-state index is 11.4. The topological polar surface area (TPSA) is 26.3 Å². The first-order chi connectivity index (χ1) is 6.14. The minimum absolute atomic E-state index is 0.277. The summed E-state index contributed by atoms with van der Waals surface area (Å²) in [5.74, 6) is 0.846. The van der Waals surface area contributed by atoms with E-state index < -0.39 is 0 Å². The molecular formula is C11H18O2. The highest BCUT2D eigenvalue weighted by molar-refractivity contribution is 5.85. The van der Waals surface area contributed by atoms with Gasteiger partial charge in [-0.05, 0) is 33.1 Å². The van der Waals surface area contributed by atoms with Crippen molar-refractivity contribution in [2.24, 2.45) is 11.3 Å². The number of hydrogen-bond acceptors (Lipinski definition) is 2. The Bertz CT molecular complexity index is 222. The first-order valence-electron chi connectivity index (χ1n) is 5.28. The fraction of sp³-hybridized carbons (Fsp3) is 0.909. The average molecular weight is 182 g/mol. The normalized spacial score (nSPS) is 37.8. The van der Waals surface area contributed by atoms with Gasteiger partial charge in [0.05, 0.1) is 12.7 Å². The molecule has 0 spiro atoms. The van der Waals surface area contributed by atoms with Crippen LogP contribution in [0, 0.1) is 11.3 Å². The molecule has 2 heteroatoms. The van der Waals surface area contributed by atoms with Gasteiger partial charge in [0, 0.05) is 17.8 Å². The van der Waals surface area contributed by atoms with Crippen LogP contribution in [0.1, 0.15) is 39.5 Å². The third kappa shape index (κ3) is 1.64. The van der Waals surface area contributed by atoms with E-state index >= 15 is 0 Å². The van der Waals surface area contributed by atoms with Crippen LogP contribution in [0.5, 0.6) is 0 Å². The van der Waals surface area contributed by atoms with Crippen molar-refractivity contribution in [2.45, 2.75) is 45.6 Å². The third-order valence-electron chi connectivity index (χ3n) is 3.38. The van der Waals surface area contributed by atoms with Gasteiger partial charge in [-0.2, -0.15) is 0 Å². The van der Waals surface area contributed by atoms with Gasteiger partial charge in [-0.15, -0.1) is 0 Å². The Morgan fingerprint density at radius 3 is 3.08 bits per heavy atom. The summed E-state index contributed by atoms with van der Waals surface area (Å²) in [5.41, 5.74) is 0.277. The second-order valence-corrected chi connectivity index (χ2v) is 4.80. The van der Waals surface area contributed by atoms with Crippen molar-refractivity contribution in [2.75, 3.05) is 6.61 Å². The lowest BCUT2D eigenvalue weighted by molar-refractivity contribution is -0.123. The maximum Gasteiger partial charge on any atom is 0.136 e. The van der Waals surface area contributed by atoms with E-state index in [1.54, 1.807) is 0 Å². The zero-order valence-corrected chi connectivity index (χ0v) is 8.51. The van der Waals surface area contributed by atoms with Crippen LogP contribution in [0.25, 0.3) is 0 Å². The van der Waals surface area contributed by atoms with E-state index in [4.69, 9.17) is 4.74 Å². The zero-order valence-electron chi connectivity index (χ0n) is 8.51. The van der Waals surface area contributed by atoms with Crippen molar-refractivity contribution in [1.29, 1.82) is 0 Å². The Morgan fingerprint density at radius 1 is 1.62 bits per heavy atom. The Labute approximate surface area is 79.7 Å². The molecule has 0 aliphatic heterocycles. The van der Waals surface area contributed by atoms with Crippen LogP contribution in [0.2, 0.25) is 0 Å². The molecule has 0 N–H and O–H groups in total. The molecule has 0 amide bonds. The van der Waals surface area contributed by atoms with Gasteiger partial charge < -0.3 is 4.74 Å². The first kappa shape index (κ1) is 9.20. The fourth-order valence-corrected chi connectivity index (χ4v) is 2.43. The summed E-state index contributed by atoms with van der Waals surface area (Å²) >= 11 is 0. The lowest BCUT2D eigenvalue weighted by atomic mass is 9.88. The second kappa shape index (κ2) is 3.09. The molecule has 2 aliphatic carbocycles. The van der Waals surface area contributed by atoms with Crippen LogP contribution >= 0.6 is 0 Å². The van der Waals surface area contributed by atoms with E-state index in [1.807, 2.05) is 0 Å². The summed E-state index contributed by atoms with van der Waals surface area (Å²) in [6.45, 7) is 4.92. The van der Waals surface area contributed by atoms with Gasteiger partial charge in [-0.25, -0.2) is 0 Å². The molecule has 2 saturated carbocycles. The molecule has 2 rings (SSSR count). The lowest BCUT2D eigenvalue weighted by Gasteiger charge is -2.22. The van der Waals surface area contributed by atoms with E-state index in [2.05, 4.69) is 13.8 Å². The lowest BCUT2D eigenvalue weighted by Crippen LogP contribution is -2.23. The molecule has 0 heterocycles. The highest BCUT2D eigenvalue weighted by Gasteiger charge is 2.59. The molecule has 2 unspecified atom stereocenters. The van der Waals surface area contributed by atoms with Crippen LogP contribution in [-0.2, 0) is 9.53 Å². The molecule has 2 fully saturated rings. The van der Waals surface area contributed by atoms with Crippen molar-refractivity contribution in [1.82, 2.24) is 0 Å². The van der Waals surface area contributed by atoms with Crippen LogP contribution < -0.4 is 0 Å². The average Bonchev–Trinajstić information content (AvgIpc) is 2.78. The van der Waals surface area contributed by atoms with Gasteiger partial charge in [0.2, 0.25) is 0 Å². The molecule has 13 heavy (non-hydrogen) atoms. The van der Waals surface area contributed by atoms with Gasteiger partial charge in [0.1, 0.15) is 5.78 Å². The second-order valence-electron chi connectivity index (χ2n) is 4.80. The highest BCUT2D eigenvalue weighted by Crippen LogP contribution is 2.59. The number of carbonyl (C=O) groups is 1. The maximum absolute atomic E-state index is 11.4. The standard InChI is InChI=1S/C11H18O2/c1-8(2)13-7-11-5-3-4-10(12)9(11)6-11/h8-9H,3-7H2,1-2H3. The molecule has 0 aromatic rings. The highest BCUT2D eigenvalue weighted by atomic mass is 16.5. The number of hydrogen-bond donors (Lipinski definition) is 0. The van der Waals surface area contributed by atoms with Crippen molar-refractivity contribution in [3.05, 3.63) is 0 Å². The summed E-state index contributed by atoms with van der Waals surface area (Å²) in [7, 11) is 0. The van der Waals surface area contributed by atoms with Gasteiger partial charge in [-0.1, -0.05) is 0 Å². The number of carbonyl (C=O) groups excluding carboxylic acids is 1. The van der Waals surface area contributed by atoms with Crippen molar-refractivity contribution in [3.63, 3.8) is 0 Å². The van der Waals surface area contributed by atoms with Crippen LogP contribution in [0.4, 0.5) is 0 Å². The van der Waals surface area contributed by atoms with E-state index in [-0.39, 0.29) is 5.41 Å². The molecule has 0 bridgehead atoms. The Balaban J connectivity index is 1.89. The number of fused-ring (bicyclic) bond motifs is 1. The summed E-state index contributed by atoms with van der Waals surface area (Å²) in [6, 6.07) is 0. The van der Waals surface area contributed by atoms with E-state index in [9.17, 15) is 4.79 Å².